The summed E-state index contributed by atoms with van der Waals surface area (Å²) in [6.45, 7) is 8.74. The van der Waals surface area contributed by atoms with E-state index in [2.05, 4.69) is 17.3 Å². The van der Waals surface area contributed by atoms with Gasteiger partial charge < -0.3 is 10.2 Å². The largest absolute Gasteiger partial charge is 0.314 e. The molecule has 64 valence electrons. The summed E-state index contributed by atoms with van der Waals surface area (Å²) < 4.78 is 0. The quantitative estimate of drug-likeness (QED) is 0.566. The minimum Gasteiger partial charge on any atom is -0.314 e. The Bertz CT molecular complexity index is 53.6. The Balaban J connectivity index is 0. The summed E-state index contributed by atoms with van der Waals surface area (Å²) in [5.74, 6) is 0. The Labute approximate surface area is 71.4 Å². The van der Waals surface area contributed by atoms with Crippen LogP contribution in [0.3, 0.4) is 0 Å². The molecular weight excluding hydrogens is 144 g/mol. The smallest absolute Gasteiger partial charge is 0.0104 e. The lowest BCUT2D eigenvalue weighted by Gasteiger charge is -2.21. The molecule has 1 N–H and O–H groups in total. The van der Waals surface area contributed by atoms with Crippen LogP contribution in [0, 0.1) is 0 Å². The standard InChI is InChI=1S/C5H12N2.C2H6.H2S/c1-7-4-2-6-3-5-7;1-2;/h6H,2-5H2,1H3;1-2H3;1H2. The van der Waals surface area contributed by atoms with Crippen LogP contribution in [-0.4, -0.2) is 38.1 Å². The summed E-state index contributed by atoms with van der Waals surface area (Å²) in [4.78, 5) is 2.33. The van der Waals surface area contributed by atoms with E-state index in [1.807, 2.05) is 13.8 Å². The zero-order valence-corrected chi connectivity index (χ0v) is 8.28. The number of piperazine rings is 1. The van der Waals surface area contributed by atoms with Gasteiger partial charge in [-0.1, -0.05) is 13.8 Å². The molecule has 1 saturated heterocycles. The van der Waals surface area contributed by atoms with Crippen molar-refractivity contribution in [2.24, 2.45) is 0 Å². The first-order valence-corrected chi connectivity index (χ1v) is 3.79. The van der Waals surface area contributed by atoms with E-state index in [9.17, 15) is 0 Å². The molecule has 0 aliphatic carbocycles. The SMILES string of the molecule is CC.CN1CCNCC1.S. The molecule has 0 radical (unpaired) electrons. The third-order valence-electron chi connectivity index (χ3n) is 1.34. The van der Waals surface area contributed by atoms with Crippen molar-refractivity contribution in [3.8, 4) is 0 Å². The van der Waals surface area contributed by atoms with Gasteiger partial charge in [0, 0.05) is 26.2 Å². The molecule has 0 saturated carbocycles. The van der Waals surface area contributed by atoms with E-state index in [0.717, 1.165) is 13.1 Å². The monoisotopic (exact) mass is 164 g/mol. The second-order valence-corrected chi connectivity index (χ2v) is 2.05. The van der Waals surface area contributed by atoms with Crippen molar-refractivity contribution in [1.29, 1.82) is 0 Å². The minimum absolute atomic E-state index is 0. The number of hydrogen-bond donors (Lipinski definition) is 1. The fraction of sp³-hybridized carbons (Fsp3) is 1.00. The number of hydrogen-bond acceptors (Lipinski definition) is 2. The van der Waals surface area contributed by atoms with Crippen LogP contribution in [0.5, 0.6) is 0 Å². The van der Waals surface area contributed by atoms with Crippen molar-refractivity contribution < 1.29 is 0 Å². The predicted molar refractivity (Wildman–Crippen MR) is 52.1 cm³/mol. The van der Waals surface area contributed by atoms with Crippen molar-refractivity contribution >= 4 is 13.5 Å². The summed E-state index contributed by atoms with van der Waals surface area (Å²) in [5, 5.41) is 3.27. The van der Waals surface area contributed by atoms with Crippen molar-refractivity contribution in [2.75, 3.05) is 33.2 Å². The molecule has 0 aromatic rings. The maximum atomic E-state index is 3.27. The molecular formula is C7H20N2S. The molecule has 10 heavy (non-hydrogen) atoms. The van der Waals surface area contributed by atoms with Gasteiger partial charge in [0.15, 0.2) is 0 Å². The van der Waals surface area contributed by atoms with Gasteiger partial charge in [-0.3, -0.25) is 0 Å². The summed E-state index contributed by atoms with van der Waals surface area (Å²) in [7, 11) is 2.15. The molecule has 0 aromatic heterocycles. The van der Waals surface area contributed by atoms with Crippen LogP contribution in [0.15, 0.2) is 0 Å². The Kier molecular flexibility index (Phi) is 12.0. The lowest BCUT2D eigenvalue weighted by Crippen LogP contribution is -2.40. The molecule has 1 aliphatic rings. The summed E-state index contributed by atoms with van der Waals surface area (Å²) >= 11 is 0. The van der Waals surface area contributed by atoms with Crippen LogP contribution in [0.4, 0.5) is 0 Å². The van der Waals surface area contributed by atoms with E-state index in [0.29, 0.717) is 0 Å². The topological polar surface area (TPSA) is 15.3 Å². The fourth-order valence-electron chi connectivity index (χ4n) is 0.777. The normalized spacial score (nSPS) is 18.3. The second kappa shape index (κ2) is 9.27. The highest BCUT2D eigenvalue weighted by Gasteiger charge is 2.01. The molecule has 0 bridgehead atoms. The molecule has 1 fully saturated rings. The van der Waals surface area contributed by atoms with Gasteiger partial charge in [-0.25, -0.2) is 0 Å². The molecule has 1 heterocycles. The van der Waals surface area contributed by atoms with Crippen molar-refractivity contribution in [3.05, 3.63) is 0 Å². The maximum absolute atomic E-state index is 3.27. The molecule has 0 spiro atoms. The van der Waals surface area contributed by atoms with Gasteiger partial charge in [0.05, 0.1) is 0 Å². The molecule has 0 unspecified atom stereocenters. The number of rotatable bonds is 0. The Morgan fingerprint density at radius 1 is 1.10 bits per heavy atom. The molecule has 3 heteroatoms. The van der Waals surface area contributed by atoms with Gasteiger partial charge in [0.1, 0.15) is 0 Å². The number of nitrogens with one attached hydrogen (secondary N) is 1. The van der Waals surface area contributed by atoms with Gasteiger partial charge in [0.25, 0.3) is 0 Å². The Morgan fingerprint density at radius 3 is 1.70 bits per heavy atom. The maximum Gasteiger partial charge on any atom is 0.0104 e. The van der Waals surface area contributed by atoms with Gasteiger partial charge >= 0.3 is 0 Å². The molecule has 0 amide bonds. The van der Waals surface area contributed by atoms with Crippen LogP contribution >= 0.6 is 13.5 Å². The van der Waals surface area contributed by atoms with E-state index >= 15 is 0 Å². The average Bonchev–Trinajstić information content (AvgIpc) is 1.94. The molecule has 0 atom stereocenters. The molecule has 2 nitrogen and oxygen atoms in total. The lowest BCUT2D eigenvalue weighted by molar-refractivity contribution is 0.291. The van der Waals surface area contributed by atoms with Crippen LogP contribution in [0.25, 0.3) is 0 Å². The number of nitrogens with zero attached hydrogens (tertiary/aromatic N) is 1. The Hall–Kier alpha value is 0.270. The average molecular weight is 164 g/mol. The van der Waals surface area contributed by atoms with Crippen LogP contribution in [-0.2, 0) is 0 Å². The second-order valence-electron chi connectivity index (χ2n) is 2.05. The van der Waals surface area contributed by atoms with E-state index in [1.54, 1.807) is 0 Å². The van der Waals surface area contributed by atoms with E-state index in [1.165, 1.54) is 13.1 Å². The highest BCUT2D eigenvalue weighted by molar-refractivity contribution is 7.59. The first-order chi connectivity index (χ1) is 4.39. The fourth-order valence-corrected chi connectivity index (χ4v) is 0.777. The first-order valence-electron chi connectivity index (χ1n) is 3.79. The molecule has 1 aliphatic heterocycles. The van der Waals surface area contributed by atoms with Gasteiger partial charge in [-0.15, -0.1) is 0 Å². The Morgan fingerprint density at radius 2 is 1.50 bits per heavy atom. The van der Waals surface area contributed by atoms with Crippen LogP contribution in [0.2, 0.25) is 0 Å². The van der Waals surface area contributed by atoms with Crippen LogP contribution < -0.4 is 5.32 Å². The van der Waals surface area contributed by atoms with Gasteiger partial charge in [0.2, 0.25) is 0 Å². The summed E-state index contributed by atoms with van der Waals surface area (Å²) in [5.41, 5.74) is 0. The zero-order chi connectivity index (χ0) is 7.11. The number of likely N-dealkylation sites (N-methyl/N-ethyl adjacent to an activating group) is 1. The van der Waals surface area contributed by atoms with Gasteiger partial charge in [-0.2, -0.15) is 13.5 Å². The molecule has 0 aromatic carbocycles. The first kappa shape index (κ1) is 12.9. The minimum atomic E-state index is 0. The van der Waals surface area contributed by atoms with Crippen LogP contribution in [0.1, 0.15) is 13.8 Å². The van der Waals surface area contributed by atoms with Crippen molar-refractivity contribution in [2.45, 2.75) is 13.8 Å². The third kappa shape index (κ3) is 6.39. The highest BCUT2D eigenvalue weighted by atomic mass is 32.1. The van der Waals surface area contributed by atoms with Crippen molar-refractivity contribution in [1.82, 2.24) is 10.2 Å². The third-order valence-corrected chi connectivity index (χ3v) is 1.34. The van der Waals surface area contributed by atoms with Gasteiger partial charge in [-0.05, 0) is 7.05 Å². The zero-order valence-electron chi connectivity index (χ0n) is 7.28. The molecule has 1 rings (SSSR count). The lowest BCUT2D eigenvalue weighted by atomic mass is 10.4. The van der Waals surface area contributed by atoms with E-state index < -0.39 is 0 Å². The highest BCUT2D eigenvalue weighted by Crippen LogP contribution is 1.82. The predicted octanol–water partition coefficient (Wildman–Crippen LogP) is 0.660. The van der Waals surface area contributed by atoms with Crippen molar-refractivity contribution in [3.63, 3.8) is 0 Å². The van der Waals surface area contributed by atoms with E-state index in [-0.39, 0.29) is 13.5 Å². The summed E-state index contributed by atoms with van der Waals surface area (Å²) in [6.07, 6.45) is 0. The van der Waals surface area contributed by atoms with E-state index in [4.69, 9.17) is 0 Å². The summed E-state index contributed by atoms with van der Waals surface area (Å²) in [6, 6.07) is 0.